The molecule has 2 amide bonds. The summed E-state index contributed by atoms with van der Waals surface area (Å²) in [6, 6.07) is 10.4. The molecule has 8 nitrogen and oxygen atoms in total. The van der Waals surface area contributed by atoms with Crippen molar-refractivity contribution in [3.05, 3.63) is 105 Å². The third-order valence-corrected chi connectivity index (χ3v) is 5.28. The second kappa shape index (κ2) is 10.2. The summed E-state index contributed by atoms with van der Waals surface area (Å²) < 4.78 is 27.8. The van der Waals surface area contributed by atoms with Gasteiger partial charge in [-0.1, -0.05) is 12.1 Å². The molecule has 2 N–H and O–H groups in total. The number of hydrogen-bond donors (Lipinski definition) is 2. The van der Waals surface area contributed by atoms with Crippen LogP contribution in [0, 0.1) is 11.6 Å². The topological polar surface area (TPSA) is 106 Å². The Hall–Kier alpha value is -4.47. The largest absolute Gasteiger partial charge is 0.352 e. The lowest BCUT2D eigenvalue weighted by atomic mass is 10.1. The van der Waals surface area contributed by atoms with E-state index in [0.29, 0.717) is 23.2 Å². The molecule has 2 aromatic carbocycles. The fourth-order valence-electron chi connectivity index (χ4n) is 3.51. The number of fused-ring (bicyclic) bond motifs is 1. The van der Waals surface area contributed by atoms with Crippen LogP contribution >= 0.6 is 0 Å². The Balaban J connectivity index is 1.49. The van der Waals surface area contributed by atoms with E-state index in [-0.39, 0.29) is 24.6 Å². The van der Waals surface area contributed by atoms with E-state index in [0.717, 1.165) is 33.8 Å². The zero-order chi connectivity index (χ0) is 24.9. The first-order chi connectivity index (χ1) is 16.9. The van der Waals surface area contributed by atoms with E-state index in [4.69, 9.17) is 0 Å². The number of amides is 2. The van der Waals surface area contributed by atoms with Gasteiger partial charge in [0, 0.05) is 30.9 Å². The van der Waals surface area contributed by atoms with Crippen molar-refractivity contribution in [2.75, 3.05) is 6.54 Å². The maximum absolute atomic E-state index is 13.5. The first-order valence-corrected chi connectivity index (χ1v) is 10.8. The van der Waals surface area contributed by atoms with Gasteiger partial charge in [-0.3, -0.25) is 23.9 Å². The van der Waals surface area contributed by atoms with Gasteiger partial charge in [0.1, 0.15) is 5.56 Å². The number of nitrogens with zero attached hydrogens (tertiary/aromatic N) is 3. The summed E-state index contributed by atoms with van der Waals surface area (Å²) in [5, 5.41) is 6.14. The van der Waals surface area contributed by atoms with Crippen LogP contribution in [0.25, 0.3) is 10.9 Å². The normalized spacial score (nSPS) is 10.8. The van der Waals surface area contributed by atoms with Gasteiger partial charge in [0.25, 0.3) is 17.4 Å². The lowest BCUT2D eigenvalue weighted by Crippen LogP contribution is -2.33. The van der Waals surface area contributed by atoms with Gasteiger partial charge in [0.2, 0.25) is 0 Å². The molecule has 0 aliphatic heterocycles. The first-order valence-electron chi connectivity index (χ1n) is 10.8. The fourth-order valence-corrected chi connectivity index (χ4v) is 3.51. The Kier molecular flexibility index (Phi) is 6.91. The van der Waals surface area contributed by atoms with E-state index in [1.54, 1.807) is 24.3 Å². The second-order valence-electron chi connectivity index (χ2n) is 7.78. The summed E-state index contributed by atoms with van der Waals surface area (Å²) in [5.41, 5.74) is 1.42. The molecule has 0 unspecified atom stereocenters. The van der Waals surface area contributed by atoms with Crippen molar-refractivity contribution < 1.29 is 18.4 Å². The third-order valence-electron chi connectivity index (χ3n) is 5.28. The standard InChI is InChI=1S/C25H21F2N5O3/c1-2-29-23(33)18-9-17-7-15(4-6-22(17)30-11-18)10-31-24(34)19-12-28-14-32(25(19)35)13-16-3-5-20(26)21(27)8-16/h3-9,11-12,14H,2,10,13H2,1H3,(H,29,33)(H,31,34). The number of carbonyl (C=O) groups is 2. The molecule has 0 atom stereocenters. The van der Waals surface area contributed by atoms with Gasteiger partial charge in [-0.25, -0.2) is 13.8 Å². The highest BCUT2D eigenvalue weighted by atomic mass is 19.2. The third kappa shape index (κ3) is 5.37. The van der Waals surface area contributed by atoms with Gasteiger partial charge in [-0.05, 0) is 48.4 Å². The van der Waals surface area contributed by atoms with Crippen LogP contribution in [-0.4, -0.2) is 32.9 Å². The van der Waals surface area contributed by atoms with Crippen LogP contribution < -0.4 is 16.2 Å². The molecule has 4 rings (SSSR count). The zero-order valence-corrected chi connectivity index (χ0v) is 18.7. The molecule has 0 radical (unpaired) electrons. The lowest BCUT2D eigenvalue weighted by molar-refractivity contribution is 0.0943. The molecular formula is C25H21F2N5O3. The van der Waals surface area contributed by atoms with Gasteiger partial charge in [-0.2, -0.15) is 0 Å². The number of pyridine rings is 1. The first kappa shape index (κ1) is 23.7. The Morgan fingerprint density at radius 2 is 1.74 bits per heavy atom. The van der Waals surface area contributed by atoms with Gasteiger partial charge >= 0.3 is 0 Å². The highest BCUT2D eigenvalue weighted by Gasteiger charge is 2.14. The molecule has 178 valence electrons. The summed E-state index contributed by atoms with van der Waals surface area (Å²) in [7, 11) is 0. The van der Waals surface area contributed by atoms with E-state index < -0.39 is 23.1 Å². The molecule has 0 aliphatic rings. The van der Waals surface area contributed by atoms with Crippen molar-refractivity contribution in [2.45, 2.75) is 20.0 Å². The minimum absolute atomic E-state index is 0.0736. The number of aromatic nitrogens is 3. The maximum atomic E-state index is 13.5. The molecular weight excluding hydrogens is 456 g/mol. The van der Waals surface area contributed by atoms with Crippen molar-refractivity contribution in [2.24, 2.45) is 0 Å². The Labute approximate surface area is 198 Å². The minimum atomic E-state index is -1.03. The molecule has 2 heterocycles. The number of carbonyl (C=O) groups excluding carboxylic acids is 2. The fraction of sp³-hybridized carbons (Fsp3) is 0.160. The average molecular weight is 477 g/mol. The number of halogens is 2. The molecule has 0 saturated heterocycles. The van der Waals surface area contributed by atoms with Crippen LogP contribution in [0.1, 0.15) is 38.8 Å². The van der Waals surface area contributed by atoms with Crippen molar-refractivity contribution in [3.63, 3.8) is 0 Å². The highest BCUT2D eigenvalue weighted by molar-refractivity contribution is 5.97. The molecule has 0 saturated carbocycles. The van der Waals surface area contributed by atoms with Crippen LogP contribution in [0.3, 0.4) is 0 Å². The summed E-state index contributed by atoms with van der Waals surface area (Å²) in [6.45, 7) is 2.38. The van der Waals surface area contributed by atoms with Crippen molar-refractivity contribution in [1.29, 1.82) is 0 Å². The summed E-state index contributed by atoms with van der Waals surface area (Å²) in [4.78, 5) is 45.7. The Morgan fingerprint density at radius 3 is 2.51 bits per heavy atom. The van der Waals surface area contributed by atoms with Crippen LogP contribution in [0.5, 0.6) is 0 Å². The summed E-state index contributed by atoms with van der Waals surface area (Å²) in [5.74, 6) is -2.87. The lowest BCUT2D eigenvalue weighted by Gasteiger charge is -2.09. The summed E-state index contributed by atoms with van der Waals surface area (Å²) in [6.07, 6.45) is 3.88. The number of rotatable bonds is 7. The summed E-state index contributed by atoms with van der Waals surface area (Å²) >= 11 is 0. The zero-order valence-electron chi connectivity index (χ0n) is 18.7. The molecule has 0 bridgehead atoms. The Morgan fingerprint density at radius 1 is 0.943 bits per heavy atom. The van der Waals surface area contributed by atoms with Crippen molar-refractivity contribution in [3.8, 4) is 0 Å². The highest BCUT2D eigenvalue weighted by Crippen LogP contribution is 2.16. The number of benzene rings is 2. The predicted molar refractivity (Wildman–Crippen MR) is 125 cm³/mol. The van der Waals surface area contributed by atoms with Crippen LogP contribution in [0.15, 0.2) is 66.0 Å². The van der Waals surface area contributed by atoms with Crippen molar-refractivity contribution in [1.82, 2.24) is 25.2 Å². The van der Waals surface area contributed by atoms with Crippen LogP contribution in [0.4, 0.5) is 8.78 Å². The van der Waals surface area contributed by atoms with E-state index in [9.17, 15) is 23.2 Å². The number of hydrogen-bond acceptors (Lipinski definition) is 5. The van der Waals surface area contributed by atoms with E-state index in [2.05, 4.69) is 20.6 Å². The van der Waals surface area contributed by atoms with Crippen molar-refractivity contribution >= 4 is 22.7 Å². The second-order valence-corrected chi connectivity index (χ2v) is 7.78. The van der Waals surface area contributed by atoms with Gasteiger partial charge in [0.15, 0.2) is 11.6 Å². The van der Waals surface area contributed by atoms with Gasteiger partial charge in [-0.15, -0.1) is 0 Å². The molecule has 0 aliphatic carbocycles. The van der Waals surface area contributed by atoms with Gasteiger partial charge in [0.05, 0.1) is 24.0 Å². The monoisotopic (exact) mass is 477 g/mol. The van der Waals surface area contributed by atoms with Gasteiger partial charge < -0.3 is 10.6 Å². The van der Waals surface area contributed by atoms with E-state index >= 15 is 0 Å². The SMILES string of the molecule is CCNC(=O)c1cnc2ccc(CNC(=O)c3cncn(Cc4ccc(F)c(F)c4)c3=O)cc2c1. The smallest absolute Gasteiger partial charge is 0.266 e. The molecule has 35 heavy (non-hydrogen) atoms. The molecule has 4 aromatic rings. The van der Waals surface area contributed by atoms with E-state index in [1.807, 2.05) is 6.92 Å². The predicted octanol–water partition coefficient (Wildman–Crippen LogP) is 2.80. The Bertz CT molecular complexity index is 1490. The molecule has 10 heteroatoms. The average Bonchev–Trinajstić information content (AvgIpc) is 2.85. The molecule has 0 spiro atoms. The molecule has 0 fully saturated rings. The minimum Gasteiger partial charge on any atom is -0.352 e. The number of nitrogens with one attached hydrogen (secondary N) is 2. The maximum Gasteiger partial charge on any atom is 0.266 e. The molecule has 2 aromatic heterocycles. The van der Waals surface area contributed by atoms with Crippen LogP contribution in [-0.2, 0) is 13.1 Å². The van der Waals surface area contributed by atoms with Crippen LogP contribution in [0.2, 0.25) is 0 Å². The quantitative estimate of drug-likeness (QED) is 0.426. The van der Waals surface area contributed by atoms with E-state index in [1.165, 1.54) is 18.6 Å².